The van der Waals surface area contributed by atoms with Gasteiger partial charge in [0, 0.05) is 19.2 Å². The molecule has 0 radical (unpaired) electrons. The first kappa shape index (κ1) is 21.2. The summed E-state index contributed by atoms with van der Waals surface area (Å²) in [6.07, 6.45) is 0. The van der Waals surface area contributed by atoms with E-state index >= 15 is 0 Å². The molecular weight excluding hydrogens is 408 g/mol. The lowest BCUT2D eigenvalue weighted by Gasteiger charge is -2.26. The van der Waals surface area contributed by atoms with Gasteiger partial charge in [0.25, 0.3) is 0 Å². The van der Waals surface area contributed by atoms with Crippen molar-refractivity contribution in [1.82, 2.24) is 4.31 Å². The Hall–Kier alpha value is -2.56. The lowest BCUT2D eigenvalue weighted by atomic mass is 10.2. The van der Waals surface area contributed by atoms with Gasteiger partial charge >= 0.3 is 5.97 Å². The van der Waals surface area contributed by atoms with Gasteiger partial charge in [-0.05, 0) is 36.4 Å². The lowest BCUT2D eigenvalue weighted by Crippen LogP contribution is -2.40. The van der Waals surface area contributed by atoms with Crippen LogP contribution in [0.25, 0.3) is 0 Å². The second kappa shape index (κ2) is 9.29. The molecule has 0 aromatic heterocycles. The summed E-state index contributed by atoms with van der Waals surface area (Å²) >= 11 is 0. The highest BCUT2D eigenvalue weighted by molar-refractivity contribution is 7.89. The molecule has 1 aliphatic heterocycles. The summed E-state index contributed by atoms with van der Waals surface area (Å²) in [5.41, 5.74) is -0.236. The summed E-state index contributed by atoms with van der Waals surface area (Å²) in [6, 6.07) is 8.26. The van der Waals surface area contributed by atoms with Crippen LogP contribution >= 0.6 is 0 Å². The number of hydrogen-bond donors (Lipinski definition) is 0. The highest BCUT2D eigenvalue weighted by Crippen LogP contribution is 2.20. The topological polar surface area (TPSA) is 82.1 Å². The van der Waals surface area contributed by atoms with Crippen molar-refractivity contribution in [1.29, 1.82) is 0 Å². The van der Waals surface area contributed by atoms with E-state index in [0.29, 0.717) is 38.1 Å². The Morgan fingerprint density at radius 2 is 1.62 bits per heavy atom. The van der Waals surface area contributed by atoms with Gasteiger partial charge in [0.2, 0.25) is 10.0 Å². The molecular formula is C19H19F2NO6S. The van der Waals surface area contributed by atoms with E-state index in [1.165, 1.54) is 28.6 Å². The second-order valence-corrected chi connectivity index (χ2v) is 8.07. The molecule has 156 valence electrons. The predicted octanol–water partition coefficient (Wildman–Crippen LogP) is 2.22. The van der Waals surface area contributed by atoms with Crippen LogP contribution in [0.3, 0.4) is 0 Å². The molecule has 3 rings (SSSR count). The fourth-order valence-electron chi connectivity index (χ4n) is 2.69. The predicted molar refractivity (Wildman–Crippen MR) is 98.2 cm³/mol. The molecule has 0 bridgehead atoms. The highest BCUT2D eigenvalue weighted by Gasteiger charge is 2.26. The zero-order valence-electron chi connectivity index (χ0n) is 15.3. The Morgan fingerprint density at radius 1 is 1.00 bits per heavy atom. The fraction of sp³-hybridized carbons (Fsp3) is 0.316. The quantitative estimate of drug-likeness (QED) is 0.498. The van der Waals surface area contributed by atoms with Crippen molar-refractivity contribution >= 4 is 16.0 Å². The van der Waals surface area contributed by atoms with Crippen molar-refractivity contribution in [2.24, 2.45) is 0 Å². The monoisotopic (exact) mass is 427 g/mol. The van der Waals surface area contributed by atoms with Crippen LogP contribution in [0.4, 0.5) is 8.78 Å². The third kappa shape index (κ3) is 5.49. The number of ether oxygens (including phenoxy) is 3. The number of carbonyl (C=O) groups is 1. The SMILES string of the molecule is O=C(OCCOc1ccc(S(=O)(=O)N2CCOCC2)cc1)c1cc(F)cc(F)c1. The number of nitrogens with zero attached hydrogens (tertiary/aromatic N) is 1. The Morgan fingerprint density at radius 3 is 2.24 bits per heavy atom. The van der Waals surface area contributed by atoms with Gasteiger partial charge in [-0.15, -0.1) is 0 Å². The number of halogens is 2. The minimum Gasteiger partial charge on any atom is -0.490 e. The number of morpholine rings is 1. The molecule has 10 heteroatoms. The summed E-state index contributed by atoms with van der Waals surface area (Å²) < 4.78 is 68.1. The first-order valence-electron chi connectivity index (χ1n) is 8.80. The van der Waals surface area contributed by atoms with Crippen molar-refractivity contribution in [2.75, 3.05) is 39.5 Å². The van der Waals surface area contributed by atoms with Crippen molar-refractivity contribution in [2.45, 2.75) is 4.90 Å². The Balaban J connectivity index is 1.49. The fourth-order valence-corrected chi connectivity index (χ4v) is 4.10. The number of rotatable bonds is 7. The third-order valence-corrected chi connectivity index (χ3v) is 6.03. The van der Waals surface area contributed by atoms with Crippen molar-refractivity contribution < 1.29 is 36.2 Å². The average molecular weight is 427 g/mol. The van der Waals surface area contributed by atoms with Crippen molar-refractivity contribution in [3.05, 3.63) is 59.7 Å². The van der Waals surface area contributed by atoms with E-state index in [0.717, 1.165) is 12.1 Å². The molecule has 29 heavy (non-hydrogen) atoms. The van der Waals surface area contributed by atoms with Crippen LogP contribution in [0.15, 0.2) is 47.4 Å². The van der Waals surface area contributed by atoms with E-state index in [9.17, 15) is 22.0 Å². The molecule has 0 saturated carbocycles. The van der Waals surface area contributed by atoms with E-state index in [1.807, 2.05) is 0 Å². The van der Waals surface area contributed by atoms with E-state index in [4.69, 9.17) is 14.2 Å². The van der Waals surface area contributed by atoms with Crippen LogP contribution in [0, 0.1) is 11.6 Å². The number of benzene rings is 2. The zero-order chi connectivity index (χ0) is 20.9. The Kier molecular flexibility index (Phi) is 6.78. The number of esters is 1. The maximum atomic E-state index is 13.1. The van der Waals surface area contributed by atoms with E-state index < -0.39 is 27.6 Å². The van der Waals surface area contributed by atoms with Gasteiger partial charge in [-0.25, -0.2) is 22.0 Å². The summed E-state index contributed by atoms with van der Waals surface area (Å²) in [5.74, 6) is -2.24. The number of sulfonamides is 1. The standard InChI is InChI=1S/C19H19F2NO6S/c20-15-11-14(12-16(21)13-15)19(23)28-10-9-27-17-1-3-18(4-2-17)29(24,25)22-5-7-26-8-6-22/h1-4,11-13H,5-10H2. The summed E-state index contributed by atoms with van der Waals surface area (Å²) in [7, 11) is -3.59. The van der Waals surface area contributed by atoms with Crippen LogP contribution in [0.5, 0.6) is 5.75 Å². The maximum Gasteiger partial charge on any atom is 0.338 e. The zero-order valence-corrected chi connectivity index (χ0v) is 16.2. The van der Waals surface area contributed by atoms with Crippen molar-refractivity contribution in [3.8, 4) is 5.75 Å². The smallest absolute Gasteiger partial charge is 0.338 e. The first-order valence-corrected chi connectivity index (χ1v) is 10.2. The normalized spacial score (nSPS) is 15.1. The second-order valence-electron chi connectivity index (χ2n) is 6.13. The molecule has 0 N–H and O–H groups in total. The minimum atomic E-state index is -3.59. The van der Waals surface area contributed by atoms with Crippen LogP contribution in [-0.4, -0.2) is 58.2 Å². The maximum absolute atomic E-state index is 13.1. The molecule has 2 aromatic carbocycles. The van der Waals surface area contributed by atoms with Crippen LogP contribution in [0.1, 0.15) is 10.4 Å². The van der Waals surface area contributed by atoms with Gasteiger partial charge in [-0.3, -0.25) is 0 Å². The van der Waals surface area contributed by atoms with Crippen molar-refractivity contribution in [3.63, 3.8) is 0 Å². The summed E-state index contributed by atoms with van der Waals surface area (Å²) in [5, 5.41) is 0. The molecule has 1 heterocycles. The molecule has 1 fully saturated rings. The van der Waals surface area contributed by atoms with Gasteiger partial charge in [0.15, 0.2) is 0 Å². The van der Waals surface area contributed by atoms with Gasteiger partial charge < -0.3 is 14.2 Å². The van der Waals surface area contributed by atoms with Gasteiger partial charge in [-0.2, -0.15) is 4.31 Å². The average Bonchev–Trinajstić information content (AvgIpc) is 2.71. The van der Waals surface area contributed by atoms with Gasteiger partial charge in [0.05, 0.1) is 23.7 Å². The van der Waals surface area contributed by atoms with E-state index in [1.54, 1.807) is 0 Å². The summed E-state index contributed by atoms with van der Waals surface area (Å²) in [6.45, 7) is 1.18. The molecule has 0 amide bonds. The highest BCUT2D eigenvalue weighted by atomic mass is 32.2. The van der Waals surface area contributed by atoms with Gasteiger partial charge in [-0.1, -0.05) is 0 Å². The number of hydrogen-bond acceptors (Lipinski definition) is 6. The molecule has 1 saturated heterocycles. The molecule has 0 unspecified atom stereocenters. The van der Waals surface area contributed by atoms with Gasteiger partial charge in [0.1, 0.15) is 30.6 Å². The van der Waals surface area contributed by atoms with E-state index in [-0.39, 0.29) is 23.7 Å². The molecule has 7 nitrogen and oxygen atoms in total. The molecule has 2 aromatic rings. The molecule has 0 atom stereocenters. The Labute approximate surface area is 166 Å². The van der Waals surface area contributed by atoms with Crippen LogP contribution in [0.2, 0.25) is 0 Å². The molecule has 1 aliphatic rings. The number of carbonyl (C=O) groups excluding carboxylic acids is 1. The summed E-state index contributed by atoms with van der Waals surface area (Å²) in [4.78, 5) is 11.9. The largest absolute Gasteiger partial charge is 0.490 e. The van der Waals surface area contributed by atoms with Crippen LogP contribution in [-0.2, 0) is 19.5 Å². The molecule has 0 aliphatic carbocycles. The first-order chi connectivity index (χ1) is 13.9. The third-order valence-electron chi connectivity index (χ3n) is 4.12. The minimum absolute atomic E-state index is 0.0148. The lowest BCUT2D eigenvalue weighted by molar-refractivity contribution is 0.0449. The Bertz CT molecular complexity index is 939. The molecule has 0 spiro atoms. The van der Waals surface area contributed by atoms with Crippen LogP contribution < -0.4 is 4.74 Å². The van der Waals surface area contributed by atoms with E-state index in [2.05, 4.69) is 0 Å².